The molecule has 6 rings (SSSR count). The number of methoxy groups -OCH3 is 1. The molecule has 0 bridgehead atoms. The number of halogens is 2. The first-order chi connectivity index (χ1) is 19.7. The molecular weight excluding hydrogens is 532 g/mol. The highest BCUT2D eigenvalue weighted by Gasteiger charge is 2.50. The van der Waals surface area contributed by atoms with E-state index in [9.17, 15) is 13.9 Å². The van der Waals surface area contributed by atoms with Crippen LogP contribution in [0.5, 0.6) is 5.88 Å². The number of rotatable bonds is 8. The van der Waals surface area contributed by atoms with E-state index in [-0.39, 0.29) is 19.0 Å². The Hall–Kier alpha value is -3.81. The Morgan fingerprint density at radius 1 is 1.17 bits per heavy atom. The highest BCUT2D eigenvalue weighted by atomic mass is 19.3. The fourth-order valence-electron chi connectivity index (χ4n) is 6.03. The molecule has 0 aliphatic carbocycles. The van der Waals surface area contributed by atoms with Crippen LogP contribution in [0.4, 0.5) is 26.1 Å². The number of H-pyrrole nitrogens is 1. The van der Waals surface area contributed by atoms with Crippen molar-refractivity contribution in [1.29, 1.82) is 0 Å². The van der Waals surface area contributed by atoms with Gasteiger partial charge in [0.15, 0.2) is 0 Å². The Morgan fingerprint density at radius 3 is 2.76 bits per heavy atom. The predicted molar refractivity (Wildman–Crippen MR) is 153 cm³/mol. The third-order valence-electron chi connectivity index (χ3n) is 8.05. The van der Waals surface area contributed by atoms with Crippen LogP contribution in [0.25, 0.3) is 22.2 Å². The molecule has 0 spiro atoms. The molecule has 41 heavy (non-hydrogen) atoms. The summed E-state index contributed by atoms with van der Waals surface area (Å²) in [7, 11) is 5.39. The van der Waals surface area contributed by atoms with Crippen molar-refractivity contribution in [3.05, 3.63) is 42.9 Å². The highest BCUT2D eigenvalue weighted by Crippen LogP contribution is 2.38. The number of hydrogen-bond acceptors (Lipinski definition) is 9. The Labute approximate surface area is 236 Å². The fourth-order valence-corrected chi connectivity index (χ4v) is 6.03. The number of fused-ring (bicyclic) bond motifs is 1. The van der Waals surface area contributed by atoms with Crippen molar-refractivity contribution in [2.45, 2.75) is 43.5 Å². The third-order valence-corrected chi connectivity index (χ3v) is 8.05. The number of aromatic nitrogens is 5. The molecule has 2 fully saturated rings. The van der Waals surface area contributed by atoms with Crippen molar-refractivity contribution in [1.82, 2.24) is 34.5 Å². The minimum Gasteiger partial charge on any atom is -0.478 e. The molecule has 13 heteroatoms. The second-order valence-corrected chi connectivity index (χ2v) is 11.0. The average molecular weight is 568 g/mol. The lowest BCUT2D eigenvalue weighted by atomic mass is 10.0. The van der Waals surface area contributed by atoms with Crippen LogP contribution in [0.2, 0.25) is 0 Å². The number of ether oxygens (including phenoxy) is 1. The summed E-state index contributed by atoms with van der Waals surface area (Å²) in [6.07, 6.45) is 5.37. The molecule has 11 nitrogen and oxygen atoms in total. The maximum Gasteiger partial charge on any atom is 0.262 e. The number of alkyl halides is 2. The van der Waals surface area contributed by atoms with Gasteiger partial charge in [0.05, 0.1) is 42.8 Å². The molecule has 0 saturated carbocycles. The Kier molecular flexibility index (Phi) is 7.26. The van der Waals surface area contributed by atoms with E-state index in [1.807, 2.05) is 42.4 Å². The zero-order valence-corrected chi connectivity index (χ0v) is 23.3. The molecule has 0 radical (unpaired) electrons. The lowest BCUT2D eigenvalue weighted by Gasteiger charge is -2.39. The van der Waals surface area contributed by atoms with Gasteiger partial charge in [-0.15, -0.1) is 5.10 Å². The van der Waals surface area contributed by atoms with Crippen molar-refractivity contribution >= 4 is 28.2 Å². The second-order valence-electron chi connectivity index (χ2n) is 11.0. The van der Waals surface area contributed by atoms with Gasteiger partial charge in [0.1, 0.15) is 11.9 Å². The number of aryl methyl sites for hydroxylation is 1. The maximum absolute atomic E-state index is 14.6. The largest absolute Gasteiger partial charge is 0.478 e. The van der Waals surface area contributed by atoms with Gasteiger partial charge in [-0.2, -0.15) is 0 Å². The summed E-state index contributed by atoms with van der Waals surface area (Å²) in [4.78, 5) is 16.3. The van der Waals surface area contributed by atoms with Crippen LogP contribution in [0.1, 0.15) is 19.3 Å². The van der Waals surface area contributed by atoms with Gasteiger partial charge < -0.3 is 30.4 Å². The number of nitrogens with zero attached hydrogens (tertiary/aromatic N) is 6. The molecule has 218 valence electrons. The summed E-state index contributed by atoms with van der Waals surface area (Å²) >= 11 is 0. The Morgan fingerprint density at radius 2 is 1.98 bits per heavy atom. The van der Waals surface area contributed by atoms with Crippen LogP contribution >= 0.6 is 0 Å². The lowest BCUT2D eigenvalue weighted by molar-refractivity contribution is 0.00335. The quantitative estimate of drug-likeness (QED) is 0.237. The van der Waals surface area contributed by atoms with Gasteiger partial charge in [-0.25, -0.2) is 18.7 Å². The van der Waals surface area contributed by atoms with Crippen molar-refractivity contribution in [3.63, 3.8) is 0 Å². The van der Waals surface area contributed by atoms with Crippen LogP contribution in [0.3, 0.4) is 0 Å². The number of hydrogen-bond donors (Lipinski definition) is 4. The zero-order chi connectivity index (χ0) is 28.7. The molecule has 2 saturated heterocycles. The Bertz CT molecular complexity index is 1520. The number of piperidine rings is 1. The number of aliphatic hydroxyl groups is 1. The van der Waals surface area contributed by atoms with Gasteiger partial charge in [-0.3, -0.25) is 9.58 Å². The van der Waals surface area contributed by atoms with Crippen molar-refractivity contribution in [3.8, 4) is 17.1 Å². The maximum atomic E-state index is 14.6. The molecule has 1 unspecified atom stereocenters. The van der Waals surface area contributed by atoms with E-state index in [1.54, 1.807) is 31.2 Å². The van der Waals surface area contributed by atoms with Gasteiger partial charge in [0.2, 0.25) is 5.95 Å². The van der Waals surface area contributed by atoms with E-state index in [0.717, 1.165) is 42.4 Å². The van der Waals surface area contributed by atoms with Crippen LogP contribution in [0, 0.1) is 0 Å². The van der Waals surface area contributed by atoms with E-state index >= 15 is 0 Å². The summed E-state index contributed by atoms with van der Waals surface area (Å²) in [5, 5.41) is 22.6. The smallest absolute Gasteiger partial charge is 0.262 e. The van der Waals surface area contributed by atoms with E-state index in [4.69, 9.17) is 4.74 Å². The number of aliphatic hydroxyl groups excluding tert-OH is 1. The molecule has 0 amide bonds. The molecule has 4 aromatic rings. The van der Waals surface area contributed by atoms with Crippen molar-refractivity contribution in [2.75, 3.05) is 44.4 Å². The number of aromatic amines is 1. The second kappa shape index (κ2) is 10.9. The molecule has 5 heterocycles. The fraction of sp³-hybridized carbons (Fsp3) is 0.464. The van der Waals surface area contributed by atoms with Gasteiger partial charge in [-0.1, -0.05) is 12.1 Å². The molecule has 2 aliphatic heterocycles. The van der Waals surface area contributed by atoms with E-state index in [1.165, 1.54) is 0 Å². The first-order valence-electron chi connectivity index (χ1n) is 13.8. The van der Waals surface area contributed by atoms with E-state index in [0.29, 0.717) is 28.9 Å². The summed E-state index contributed by atoms with van der Waals surface area (Å²) in [5.74, 6) is -2.03. The van der Waals surface area contributed by atoms with Crippen LogP contribution in [0.15, 0.2) is 42.9 Å². The first-order valence-corrected chi connectivity index (χ1v) is 13.8. The minimum atomic E-state index is -2.83. The highest BCUT2D eigenvalue weighted by molar-refractivity contribution is 6.01. The lowest BCUT2D eigenvalue weighted by Crippen LogP contribution is -2.51. The van der Waals surface area contributed by atoms with E-state index < -0.39 is 18.2 Å². The SMILES string of the molecule is COc1nn(C)cc1Nc1nccc(-c2c[nH]c3c(NC(O)[C@H]4CC(F)(F)CN4C4CCN(C)CC4)cccc23)n1. The topological polar surface area (TPSA) is 119 Å². The summed E-state index contributed by atoms with van der Waals surface area (Å²) in [5.41, 5.74) is 3.53. The summed E-state index contributed by atoms with van der Waals surface area (Å²) < 4.78 is 36.2. The molecule has 3 aromatic heterocycles. The monoisotopic (exact) mass is 567 g/mol. The third kappa shape index (κ3) is 5.56. The van der Waals surface area contributed by atoms with Gasteiger partial charge in [0.25, 0.3) is 11.8 Å². The van der Waals surface area contributed by atoms with Gasteiger partial charge in [0, 0.05) is 42.9 Å². The number of anilines is 3. The number of para-hydroxylation sites is 1. The average Bonchev–Trinajstić information content (AvgIpc) is 3.64. The normalized spacial score (nSPS) is 20.9. The van der Waals surface area contributed by atoms with Crippen LogP contribution in [-0.4, -0.2) is 97.7 Å². The van der Waals surface area contributed by atoms with Gasteiger partial charge >= 0.3 is 0 Å². The summed E-state index contributed by atoms with van der Waals surface area (Å²) in [6, 6.07) is 6.80. The Balaban J connectivity index is 1.23. The predicted octanol–water partition coefficient (Wildman–Crippen LogP) is 3.64. The zero-order valence-electron chi connectivity index (χ0n) is 23.3. The molecule has 4 N–H and O–H groups in total. The minimum absolute atomic E-state index is 0.0288. The first kappa shape index (κ1) is 27.4. The van der Waals surface area contributed by atoms with Crippen molar-refractivity contribution < 1.29 is 18.6 Å². The van der Waals surface area contributed by atoms with Crippen LogP contribution in [-0.2, 0) is 7.05 Å². The number of likely N-dealkylation sites (tertiary alicyclic amines) is 2. The molecular formula is C28H35F2N9O2. The standard InChI is InChI=1S/C28H35F2N9O2/c1-37-11-8-17(9-12-37)39-16-28(29,30)13-23(39)25(40)33-21-6-4-5-18-19(14-32-24(18)21)20-7-10-31-27(34-20)35-22-15-38(2)36-26(22)41-3/h4-7,10,14-15,17,23,25,32-33,40H,8-9,11-13,16H2,1-3H3,(H,31,34,35)/t23-,25?/m1/s1. The molecule has 2 aliphatic rings. The molecule has 2 atom stereocenters. The van der Waals surface area contributed by atoms with Crippen molar-refractivity contribution in [2.24, 2.45) is 7.05 Å². The van der Waals surface area contributed by atoms with E-state index in [2.05, 4.69) is 35.6 Å². The van der Waals surface area contributed by atoms with Gasteiger partial charge in [-0.05, 0) is 45.1 Å². The summed E-state index contributed by atoms with van der Waals surface area (Å²) in [6.45, 7) is 1.41. The molecule has 1 aromatic carbocycles. The number of nitrogens with one attached hydrogen (secondary N) is 3. The number of benzene rings is 1. The van der Waals surface area contributed by atoms with Crippen LogP contribution < -0.4 is 15.4 Å².